The fourth-order valence-corrected chi connectivity index (χ4v) is 1.85. The van der Waals surface area contributed by atoms with Crippen LogP contribution < -0.4 is 4.74 Å². The molecular formula is C15H12BrFO2. The van der Waals surface area contributed by atoms with Gasteiger partial charge in [-0.05, 0) is 33.6 Å². The van der Waals surface area contributed by atoms with Crippen LogP contribution in [0.2, 0.25) is 0 Å². The zero-order valence-electron chi connectivity index (χ0n) is 10.1. The summed E-state index contributed by atoms with van der Waals surface area (Å²) in [4.78, 5) is 11.7. The topological polar surface area (TPSA) is 26.3 Å². The summed E-state index contributed by atoms with van der Waals surface area (Å²) in [5.41, 5.74) is 0.943. The molecule has 0 aliphatic carbocycles. The van der Waals surface area contributed by atoms with Gasteiger partial charge in [0.2, 0.25) is 0 Å². The number of carbonyl (C=O) groups is 1. The molecule has 0 amide bonds. The summed E-state index contributed by atoms with van der Waals surface area (Å²) >= 11 is 3.06. The van der Waals surface area contributed by atoms with Crippen LogP contribution in [-0.4, -0.2) is 12.4 Å². The van der Waals surface area contributed by atoms with E-state index in [-0.39, 0.29) is 12.4 Å². The van der Waals surface area contributed by atoms with Crippen LogP contribution in [0.5, 0.6) is 5.75 Å². The molecule has 0 N–H and O–H groups in total. The average molecular weight is 323 g/mol. The largest absolute Gasteiger partial charge is 0.486 e. The van der Waals surface area contributed by atoms with Gasteiger partial charge in [0, 0.05) is 12.5 Å². The minimum atomic E-state index is -0.409. The second kappa shape index (κ2) is 6.48. The molecule has 0 fully saturated rings. The summed E-state index contributed by atoms with van der Waals surface area (Å²) in [5, 5.41) is 0. The van der Waals surface area contributed by atoms with Gasteiger partial charge in [-0.25, -0.2) is 4.39 Å². The zero-order valence-corrected chi connectivity index (χ0v) is 11.7. The number of ether oxygens (including phenoxy) is 1. The highest BCUT2D eigenvalue weighted by Gasteiger charge is 2.06. The van der Waals surface area contributed by atoms with Gasteiger partial charge in [0.25, 0.3) is 0 Å². The molecule has 19 heavy (non-hydrogen) atoms. The highest BCUT2D eigenvalue weighted by molar-refractivity contribution is 9.10. The van der Waals surface area contributed by atoms with E-state index >= 15 is 0 Å². The van der Waals surface area contributed by atoms with Crippen molar-refractivity contribution in [1.29, 1.82) is 0 Å². The Hall–Kier alpha value is -1.68. The Morgan fingerprint density at radius 1 is 1.16 bits per heavy atom. The number of halogens is 2. The second-order valence-electron chi connectivity index (χ2n) is 4.07. The summed E-state index contributed by atoms with van der Waals surface area (Å²) in [6.07, 6.45) is 0.319. The maximum Gasteiger partial charge on any atom is 0.174 e. The van der Waals surface area contributed by atoms with E-state index in [2.05, 4.69) is 15.9 Å². The van der Waals surface area contributed by atoms with E-state index in [0.29, 0.717) is 16.6 Å². The van der Waals surface area contributed by atoms with E-state index in [4.69, 9.17) is 4.74 Å². The molecule has 0 bridgehead atoms. The van der Waals surface area contributed by atoms with Gasteiger partial charge in [-0.3, -0.25) is 4.79 Å². The Kier molecular flexibility index (Phi) is 4.68. The Balaban J connectivity index is 1.88. The molecular weight excluding hydrogens is 311 g/mol. The number of hydrogen-bond donors (Lipinski definition) is 0. The SMILES string of the molecule is O=C(COc1ccc(Br)c(F)c1)Cc1ccccc1. The van der Waals surface area contributed by atoms with E-state index in [1.165, 1.54) is 6.07 Å². The normalized spacial score (nSPS) is 10.2. The molecule has 0 radical (unpaired) electrons. The van der Waals surface area contributed by atoms with Gasteiger partial charge in [-0.1, -0.05) is 30.3 Å². The summed E-state index contributed by atoms with van der Waals surface area (Å²) < 4.78 is 18.9. The molecule has 0 aromatic heterocycles. The van der Waals surface area contributed by atoms with E-state index in [0.717, 1.165) is 5.56 Å². The lowest BCUT2D eigenvalue weighted by molar-refractivity contribution is -0.120. The number of benzene rings is 2. The van der Waals surface area contributed by atoms with Crippen molar-refractivity contribution >= 4 is 21.7 Å². The Bertz CT molecular complexity index is 570. The van der Waals surface area contributed by atoms with Crippen LogP contribution in [-0.2, 0) is 11.2 Å². The first-order valence-corrected chi connectivity index (χ1v) is 6.58. The Labute approximate surface area is 119 Å². The zero-order chi connectivity index (χ0) is 13.7. The second-order valence-corrected chi connectivity index (χ2v) is 4.92. The first kappa shape index (κ1) is 13.7. The van der Waals surface area contributed by atoms with Gasteiger partial charge in [0.05, 0.1) is 4.47 Å². The minimum absolute atomic E-state index is 0.0467. The fourth-order valence-electron chi connectivity index (χ4n) is 1.61. The van der Waals surface area contributed by atoms with Gasteiger partial charge >= 0.3 is 0 Å². The maximum absolute atomic E-state index is 13.2. The number of rotatable bonds is 5. The summed E-state index contributed by atoms with van der Waals surface area (Å²) in [7, 11) is 0. The van der Waals surface area contributed by atoms with Crippen molar-refractivity contribution in [2.24, 2.45) is 0 Å². The molecule has 2 aromatic carbocycles. The number of Topliss-reactive ketones (excluding diaryl/α,β-unsaturated/α-hetero) is 1. The van der Waals surface area contributed by atoms with E-state index in [1.54, 1.807) is 12.1 Å². The third-order valence-corrected chi connectivity index (χ3v) is 3.18. The van der Waals surface area contributed by atoms with Crippen molar-refractivity contribution in [3.05, 3.63) is 64.4 Å². The van der Waals surface area contributed by atoms with Crippen molar-refractivity contribution in [2.45, 2.75) is 6.42 Å². The number of carbonyl (C=O) groups excluding carboxylic acids is 1. The lowest BCUT2D eigenvalue weighted by Gasteiger charge is -2.06. The number of hydrogen-bond acceptors (Lipinski definition) is 2. The van der Waals surface area contributed by atoms with E-state index in [9.17, 15) is 9.18 Å². The summed E-state index contributed by atoms with van der Waals surface area (Å²) in [6, 6.07) is 13.8. The molecule has 2 aromatic rings. The van der Waals surface area contributed by atoms with Crippen molar-refractivity contribution in [2.75, 3.05) is 6.61 Å². The molecule has 2 rings (SSSR count). The molecule has 0 aliphatic heterocycles. The van der Waals surface area contributed by atoms with E-state index < -0.39 is 5.82 Å². The molecule has 4 heteroatoms. The molecule has 0 atom stereocenters. The van der Waals surface area contributed by atoms with Crippen LogP contribution in [0, 0.1) is 5.82 Å². The molecule has 0 spiro atoms. The van der Waals surface area contributed by atoms with Gasteiger partial charge < -0.3 is 4.74 Å². The van der Waals surface area contributed by atoms with Crippen LogP contribution in [0.1, 0.15) is 5.56 Å². The lowest BCUT2D eigenvalue weighted by Crippen LogP contribution is -2.13. The van der Waals surface area contributed by atoms with Crippen LogP contribution in [0.4, 0.5) is 4.39 Å². The van der Waals surface area contributed by atoms with Crippen LogP contribution >= 0.6 is 15.9 Å². The third kappa shape index (κ3) is 4.17. The Morgan fingerprint density at radius 3 is 2.58 bits per heavy atom. The molecule has 0 aliphatic rings. The number of ketones is 1. The highest BCUT2D eigenvalue weighted by atomic mass is 79.9. The smallest absolute Gasteiger partial charge is 0.174 e. The molecule has 0 saturated carbocycles. The quantitative estimate of drug-likeness (QED) is 0.837. The average Bonchev–Trinajstić information content (AvgIpc) is 2.41. The first-order chi connectivity index (χ1) is 9.15. The molecule has 0 heterocycles. The minimum Gasteiger partial charge on any atom is -0.486 e. The maximum atomic E-state index is 13.2. The highest BCUT2D eigenvalue weighted by Crippen LogP contribution is 2.20. The van der Waals surface area contributed by atoms with Gasteiger partial charge in [0.15, 0.2) is 5.78 Å². The van der Waals surface area contributed by atoms with Gasteiger partial charge in [-0.2, -0.15) is 0 Å². The fraction of sp³-hybridized carbons (Fsp3) is 0.133. The van der Waals surface area contributed by atoms with Crippen LogP contribution in [0.25, 0.3) is 0 Å². The monoisotopic (exact) mass is 322 g/mol. The van der Waals surface area contributed by atoms with Gasteiger partial charge in [-0.15, -0.1) is 0 Å². The molecule has 98 valence electrons. The molecule has 2 nitrogen and oxygen atoms in total. The van der Waals surface area contributed by atoms with Crippen molar-refractivity contribution in [3.63, 3.8) is 0 Å². The molecule has 0 unspecified atom stereocenters. The predicted molar refractivity (Wildman–Crippen MR) is 74.7 cm³/mol. The van der Waals surface area contributed by atoms with Crippen LogP contribution in [0.3, 0.4) is 0 Å². The Morgan fingerprint density at radius 2 is 1.89 bits per heavy atom. The predicted octanol–water partition coefficient (Wildman–Crippen LogP) is 3.78. The van der Waals surface area contributed by atoms with E-state index in [1.807, 2.05) is 30.3 Å². The van der Waals surface area contributed by atoms with Crippen molar-refractivity contribution in [1.82, 2.24) is 0 Å². The molecule has 0 saturated heterocycles. The van der Waals surface area contributed by atoms with Crippen LogP contribution in [0.15, 0.2) is 53.0 Å². The summed E-state index contributed by atoms with van der Waals surface area (Å²) in [6.45, 7) is -0.0596. The summed E-state index contributed by atoms with van der Waals surface area (Å²) in [5.74, 6) is -0.107. The van der Waals surface area contributed by atoms with Crippen molar-refractivity contribution < 1.29 is 13.9 Å². The standard InChI is InChI=1S/C15H12BrFO2/c16-14-7-6-13(9-15(14)17)19-10-12(18)8-11-4-2-1-3-5-11/h1-7,9H,8,10H2. The lowest BCUT2D eigenvalue weighted by atomic mass is 10.1. The third-order valence-electron chi connectivity index (χ3n) is 2.54. The first-order valence-electron chi connectivity index (χ1n) is 5.78. The van der Waals surface area contributed by atoms with Crippen molar-refractivity contribution in [3.8, 4) is 5.75 Å². The van der Waals surface area contributed by atoms with Gasteiger partial charge in [0.1, 0.15) is 18.2 Å².